The standard InChI is InChI=1S/C13H11N5/c14-13(15)11-5-6-12(18-8-16-7-17-18)10-4-2-1-3-9(10)11/h1-8H,(H3,14,15). The fraction of sp³-hybridized carbons (Fsp3) is 0. The van der Waals surface area contributed by atoms with Gasteiger partial charge in [-0.3, -0.25) is 5.41 Å². The van der Waals surface area contributed by atoms with Crippen LogP contribution in [-0.2, 0) is 0 Å². The number of benzene rings is 2. The summed E-state index contributed by atoms with van der Waals surface area (Å²) in [4.78, 5) is 3.95. The molecule has 0 bridgehead atoms. The van der Waals surface area contributed by atoms with Crippen molar-refractivity contribution in [2.45, 2.75) is 0 Å². The molecule has 0 unspecified atom stereocenters. The number of aromatic nitrogens is 3. The molecular weight excluding hydrogens is 226 g/mol. The molecule has 5 nitrogen and oxygen atoms in total. The molecule has 0 aliphatic rings. The molecule has 3 N–H and O–H groups in total. The first-order valence-electron chi connectivity index (χ1n) is 5.48. The van der Waals surface area contributed by atoms with E-state index in [-0.39, 0.29) is 5.84 Å². The predicted octanol–water partition coefficient (Wildman–Crippen LogP) is 1.70. The average molecular weight is 237 g/mol. The van der Waals surface area contributed by atoms with Crippen LogP contribution in [0.25, 0.3) is 16.5 Å². The molecule has 0 saturated heterocycles. The highest BCUT2D eigenvalue weighted by atomic mass is 15.3. The van der Waals surface area contributed by atoms with E-state index in [4.69, 9.17) is 11.1 Å². The maximum absolute atomic E-state index is 7.61. The molecule has 3 aromatic rings. The Hall–Kier alpha value is -2.69. The minimum Gasteiger partial charge on any atom is -0.384 e. The molecule has 0 fully saturated rings. The van der Waals surface area contributed by atoms with E-state index < -0.39 is 0 Å². The maximum Gasteiger partial charge on any atom is 0.138 e. The minimum absolute atomic E-state index is 0.0661. The third-order valence-electron chi connectivity index (χ3n) is 2.86. The molecule has 1 heterocycles. The zero-order valence-electron chi connectivity index (χ0n) is 9.54. The van der Waals surface area contributed by atoms with Crippen molar-refractivity contribution < 1.29 is 0 Å². The lowest BCUT2D eigenvalue weighted by Gasteiger charge is -2.09. The van der Waals surface area contributed by atoms with E-state index in [9.17, 15) is 0 Å². The Balaban J connectivity index is 2.37. The lowest BCUT2D eigenvalue weighted by Crippen LogP contribution is -2.12. The van der Waals surface area contributed by atoms with Crippen LogP contribution in [0.5, 0.6) is 0 Å². The van der Waals surface area contributed by atoms with E-state index in [1.807, 2.05) is 36.4 Å². The summed E-state index contributed by atoms with van der Waals surface area (Å²) in [5.74, 6) is 0.0661. The number of nitrogens with zero attached hydrogens (tertiary/aromatic N) is 3. The molecule has 0 spiro atoms. The van der Waals surface area contributed by atoms with Gasteiger partial charge in [-0.05, 0) is 17.5 Å². The van der Waals surface area contributed by atoms with Crippen molar-refractivity contribution in [3.05, 3.63) is 54.6 Å². The van der Waals surface area contributed by atoms with Crippen LogP contribution < -0.4 is 5.73 Å². The Labute approximate surface area is 103 Å². The van der Waals surface area contributed by atoms with Crippen LogP contribution in [0, 0.1) is 5.41 Å². The number of nitrogens with two attached hydrogens (primary N) is 1. The third kappa shape index (κ3) is 1.53. The summed E-state index contributed by atoms with van der Waals surface area (Å²) in [6, 6.07) is 11.5. The second kappa shape index (κ2) is 3.96. The first-order valence-corrected chi connectivity index (χ1v) is 5.48. The number of hydrogen-bond acceptors (Lipinski definition) is 3. The van der Waals surface area contributed by atoms with Gasteiger partial charge in [-0.15, -0.1) is 0 Å². The second-order valence-electron chi connectivity index (χ2n) is 3.93. The van der Waals surface area contributed by atoms with E-state index in [0.29, 0.717) is 0 Å². The zero-order chi connectivity index (χ0) is 12.5. The van der Waals surface area contributed by atoms with Crippen LogP contribution >= 0.6 is 0 Å². The average Bonchev–Trinajstić information content (AvgIpc) is 2.91. The molecule has 0 radical (unpaired) electrons. The van der Waals surface area contributed by atoms with Gasteiger partial charge in [0.15, 0.2) is 0 Å². The van der Waals surface area contributed by atoms with Gasteiger partial charge in [-0.25, -0.2) is 9.67 Å². The van der Waals surface area contributed by atoms with Gasteiger partial charge in [0.05, 0.1) is 5.69 Å². The summed E-state index contributed by atoms with van der Waals surface area (Å²) < 4.78 is 1.70. The lowest BCUT2D eigenvalue weighted by atomic mass is 10.0. The molecule has 88 valence electrons. The highest BCUT2D eigenvalue weighted by Gasteiger charge is 2.08. The summed E-state index contributed by atoms with van der Waals surface area (Å²) in [7, 11) is 0. The summed E-state index contributed by atoms with van der Waals surface area (Å²) in [6.07, 6.45) is 3.14. The summed E-state index contributed by atoms with van der Waals surface area (Å²) >= 11 is 0. The van der Waals surface area contributed by atoms with E-state index in [2.05, 4.69) is 10.1 Å². The number of nitrogen functional groups attached to an aromatic ring is 1. The molecule has 2 aromatic carbocycles. The van der Waals surface area contributed by atoms with Crippen LogP contribution in [-0.4, -0.2) is 20.6 Å². The fourth-order valence-corrected chi connectivity index (χ4v) is 2.05. The summed E-state index contributed by atoms with van der Waals surface area (Å²) in [5.41, 5.74) is 7.25. The molecule has 0 amide bonds. The van der Waals surface area contributed by atoms with Crippen molar-refractivity contribution in [1.29, 1.82) is 5.41 Å². The topological polar surface area (TPSA) is 80.6 Å². The van der Waals surface area contributed by atoms with Gasteiger partial charge < -0.3 is 5.73 Å². The van der Waals surface area contributed by atoms with Crippen LogP contribution in [0.3, 0.4) is 0 Å². The highest BCUT2D eigenvalue weighted by molar-refractivity contribution is 6.09. The summed E-state index contributed by atoms with van der Waals surface area (Å²) in [6.45, 7) is 0. The highest BCUT2D eigenvalue weighted by Crippen LogP contribution is 2.24. The van der Waals surface area contributed by atoms with Crippen molar-refractivity contribution in [3.8, 4) is 5.69 Å². The molecule has 5 heteroatoms. The van der Waals surface area contributed by atoms with E-state index in [1.165, 1.54) is 6.33 Å². The normalized spacial score (nSPS) is 10.7. The number of hydrogen-bond donors (Lipinski definition) is 2. The molecule has 18 heavy (non-hydrogen) atoms. The van der Waals surface area contributed by atoms with Crippen LogP contribution in [0.4, 0.5) is 0 Å². The molecular formula is C13H11N5. The number of fused-ring (bicyclic) bond motifs is 1. The van der Waals surface area contributed by atoms with Gasteiger partial charge >= 0.3 is 0 Å². The van der Waals surface area contributed by atoms with Gasteiger partial charge in [-0.1, -0.05) is 24.3 Å². The molecule has 0 atom stereocenters. The SMILES string of the molecule is N=C(N)c1ccc(-n2cncn2)c2ccccc12. The Morgan fingerprint density at radius 1 is 1.11 bits per heavy atom. The smallest absolute Gasteiger partial charge is 0.138 e. The number of rotatable bonds is 2. The fourth-order valence-electron chi connectivity index (χ4n) is 2.05. The molecule has 0 aliphatic carbocycles. The Kier molecular flexibility index (Phi) is 2.30. The van der Waals surface area contributed by atoms with Gasteiger partial charge in [0.2, 0.25) is 0 Å². The third-order valence-corrected chi connectivity index (χ3v) is 2.86. The van der Waals surface area contributed by atoms with Gasteiger partial charge in [0, 0.05) is 10.9 Å². The molecule has 0 aliphatic heterocycles. The van der Waals surface area contributed by atoms with Crippen molar-refractivity contribution in [3.63, 3.8) is 0 Å². The van der Waals surface area contributed by atoms with Crippen LogP contribution in [0.2, 0.25) is 0 Å². The Morgan fingerprint density at radius 3 is 2.56 bits per heavy atom. The van der Waals surface area contributed by atoms with Crippen molar-refractivity contribution >= 4 is 16.6 Å². The number of nitrogens with one attached hydrogen (secondary N) is 1. The Bertz CT molecular complexity index is 715. The maximum atomic E-state index is 7.61. The van der Waals surface area contributed by atoms with Crippen molar-refractivity contribution in [1.82, 2.24) is 14.8 Å². The van der Waals surface area contributed by atoms with Crippen LogP contribution in [0.1, 0.15) is 5.56 Å². The van der Waals surface area contributed by atoms with E-state index in [1.54, 1.807) is 11.0 Å². The van der Waals surface area contributed by atoms with Gasteiger partial charge in [0.1, 0.15) is 18.5 Å². The predicted molar refractivity (Wildman–Crippen MR) is 69.9 cm³/mol. The van der Waals surface area contributed by atoms with Gasteiger partial charge in [0.25, 0.3) is 0 Å². The molecule has 3 rings (SSSR count). The first-order chi connectivity index (χ1) is 8.77. The van der Waals surface area contributed by atoms with E-state index >= 15 is 0 Å². The Morgan fingerprint density at radius 2 is 1.89 bits per heavy atom. The monoisotopic (exact) mass is 237 g/mol. The first kappa shape index (κ1) is 10.5. The van der Waals surface area contributed by atoms with E-state index in [0.717, 1.165) is 22.0 Å². The van der Waals surface area contributed by atoms with Gasteiger partial charge in [-0.2, -0.15) is 5.10 Å². The molecule has 0 saturated carbocycles. The lowest BCUT2D eigenvalue weighted by molar-refractivity contribution is 0.886. The second-order valence-corrected chi connectivity index (χ2v) is 3.93. The largest absolute Gasteiger partial charge is 0.384 e. The van der Waals surface area contributed by atoms with Crippen molar-refractivity contribution in [2.24, 2.45) is 5.73 Å². The van der Waals surface area contributed by atoms with Crippen molar-refractivity contribution in [2.75, 3.05) is 0 Å². The zero-order valence-corrected chi connectivity index (χ0v) is 9.54. The number of amidine groups is 1. The minimum atomic E-state index is 0.0661. The van der Waals surface area contributed by atoms with Crippen LogP contribution in [0.15, 0.2) is 49.1 Å². The molecule has 1 aromatic heterocycles. The summed E-state index contributed by atoms with van der Waals surface area (Å²) in [5, 5.41) is 13.7. The quantitative estimate of drug-likeness (QED) is 0.526.